The molecule has 1 aliphatic heterocycles. The number of Topliss-reactive ketones (excluding diaryl/α,β-unsaturated/α-hetero) is 1. The molecule has 3 heterocycles. The SMILES string of the molecule is CC(=O)C1CS(=O)(=Nc2nc(C(C)C)c(-c3ccc(F)cc3)c3cc4cn[nH]c4cc23)C1. The number of H-pyrrole nitrogens is 1. The van der Waals surface area contributed by atoms with Gasteiger partial charge in [-0.2, -0.15) is 9.46 Å². The Bertz CT molecular complexity index is 1490. The summed E-state index contributed by atoms with van der Waals surface area (Å²) in [6.07, 6.45) is 1.75. The molecule has 2 aromatic carbocycles. The number of benzene rings is 2. The van der Waals surface area contributed by atoms with Crippen molar-refractivity contribution in [2.75, 3.05) is 11.5 Å². The predicted octanol–water partition coefficient (Wildman–Crippen LogP) is 5.36. The summed E-state index contributed by atoms with van der Waals surface area (Å²) in [6.45, 7) is 5.60. The van der Waals surface area contributed by atoms with Crippen molar-refractivity contribution in [3.63, 3.8) is 0 Å². The highest BCUT2D eigenvalue weighted by Crippen LogP contribution is 2.41. The van der Waals surface area contributed by atoms with Crippen molar-refractivity contribution in [2.45, 2.75) is 26.7 Å². The third-order valence-electron chi connectivity index (χ3n) is 6.00. The Morgan fingerprint density at radius 2 is 1.91 bits per heavy atom. The van der Waals surface area contributed by atoms with E-state index in [1.165, 1.54) is 19.1 Å². The van der Waals surface area contributed by atoms with Crippen molar-refractivity contribution in [3.8, 4) is 11.1 Å². The molecular formula is C24H23FN4O2S. The second kappa shape index (κ2) is 7.48. The van der Waals surface area contributed by atoms with E-state index in [1.807, 2.05) is 26.0 Å². The smallest absolute Gasteiger partial charge is 0.169 e. The van der Waals surface area contributed by atoms with Gasteiger partial charge in [-0.1, -0.05) is 26.0 Å². The minimum Gasteiger partial charge on any atom is -0.300 e. The van der Waals surface area contributed by atoms with Crippen molar-refractivity contribution in [1.82, 2.24) is 15.2 Å². The van der Waals surface area contributed by atoms with Gasteiger partial charge in [-0.3, -0.25) is 9.89 Å². The molecule has 164 valence electrons. The Kier molecular flexibility index (Phi) is 4.85. The van der Waals surface area contributed by atoms with E-state index in [9.17, 15) is 13.4 Å². The largest absolute Gasteiger partial charge is 0.300 e. The number of halogens is 1. The van der Waals surface area contributed by atoms with Crippen LogP contribution in [0.4, 0.5) is 10.2 Å². The first kappa shape index (κ1) is 20.8. The van der Waals surface area contributed by atoms with E-state index >= 15 is 0 Å². The first-order valence-electron chi connectivity index (χ1n) is 10.5. The molecule has 0 amide bonds. The van der Waals surface area contributed by atoms with E-state index in [-0.39, 0.29) is 34.9 Å². The van der Waals surface area contributed by atoms with Crippen LogP contribution in [0, 0.1) is 11.7 Å². The third-order valence-corrected chi connectivity index (χ3v) is 8.35. The lowest BCUT2D eigenvalue weighted by Gasteiger charge is -2.27. The molecule has 0 radical (unpaired) electrons. The zero-order valence-corrected chi connectivity index (χ0v) is 18.9. The van der Waals surface area contributed by atoms with E-state index in [2.05, 4.69) is 14.6 Å². The molecule has 1 saturated heterocycles. The van der Waals surface area contributed by atoms with Crippen LogP contribution in [-0.2, 0) is 14.5 Å². The van der Waals surface area contributed by atoms with Crippen LogP contribution < -0.4 is 0 Å². The summed E-state index contributed by atoms with van der Waals surface area (Å²) in [5.41, 5.74) is 3.38. The topological polar surface area (TPSA) is 88.1 Å². The Labute approximate surface area is 185 Å². The quantitative estimate of drug-likeness (QED) is 0.453. The van der Waals surface area contributed by atoms with Gasteiger partial charge in [0.2, 0.25) is 0 Å². The first-order valence-corrected chi connectivity index (χ1v) is 12.4. The van der Waals surface area contributed by atoms with E-state index in [0.29, 0.717) is 5.82 Å². The normalized spacial score (nSPS) is 20.6. The van der Waals surface area contributed by atoms with E-state index < -0.39 is 9.73 Å². The Balaban J connectivity index is 1.82. The summed E-state index contributed by atoms with van der Waals surface area (Å²) >= 11 is 0. The molecule has 4 aromatic rings. The number of carbonyl (C=O) groups is 1. The lowest BCUT2D eigenvalue weighted by Crippen LogP contribution is -2.40. The maximum absolute atomic E-state index is 13.6. The van der Waals surface area contributed by atoms with Crippen LogP contribution in [0.3, 0.4) is 0 Å². The van der Waals surface area contributed by atoms with Crippen molar-refractivity contribution in [1.29, 1.82) is 0 Å². The summed E-state index contributed by atoms with van der Waals surface area (Å²) in [4.78, 5) is 16.5. The highest BCUT2D eigenvalue weighted by Gasteiger charge is 2.35. The molecule has 1 N–H and O–H groups in total. The lowest BCUT2D eigenvalue weighted by molar-refractivity contribution is -0.119. The van der Waals surface area contributed by atoms with Crippen molar-refractivity contribution >= 4 is 43.0 Å². The van der Waals surface area contributed by atoms with Gasteiger partial charge in [0.1, 0.15) is 11.6 Å². The number of aromatic nitrogens is 3. The minimum absolute atomic E-state index is 0.0469. The molecule has 8 heteroatoms. The first-order chi connectivity index (χ1) is 15.2. The molecule has 0 unspecified atom stereocenters. The van der Waals surface area contributed by atoms with E-state index in [0.717, 1.165) is 38.5 Å². The van der Waals surface area contributed by atoms with Crippen LogP contribution >= 0.6 is 0 Å². The Morgan fingerprint density at radius 3 is 2.56 bits per heavy atom. The molecule has 0 saturated carbocycles. The molecule has 1 aliphatic rings. The Morgan fingerprint density at radius 1 is 1.19 bits per heavy atom. The number of hydrogen-bond acceptors (Lipinski definition) is 5. The van der Waals surface area contributed by atoms with Gasteiger partial charge in [-0.05, 0) is 48.1 Å². The average molecular weight is 451 g/mol. The molecular weight excluding hydrogens is 427 g/mol. The second-order valence-electron chi connectivity index (χ2n) is 8.72. The van der Waals surface area contributed by atoms with Crippen LogP contribution in [0.15, 0.2) is 47.0 Å². The predicted molar refractivity (Wildman–Crippen MR) is 125 cm³/mol. The summed E-state index contributed by atoms with van der Waals surface area (Å²) in [6, 6.07) is 10.3. The molecule has 5 rings (SSSR count). The van der Waals surface area contributed by atoms with Crippen LogP contribution in [-0.4, -0.2) is 36.7 Å². The number of hydrogen-bond donors (Lipinski definition) is 1. The highest BCUT2D eigenvalue weighted by molar-refractivity contribution is 7.95. The van der Waals surface area contributed by atoms with Crippen LogP contribution in [0.1, 0.15) is 32.4 Å². The molecule has 32 heavy (non-hydrogen) atoms. The molecule has 0 aliphatic carbocycles. The summed E-state index contributed by atoms with van der Waals surface area (Å²) in [5.74, 6) is 0.562. The zero-order valence-electron chi connectivity index (χ0n) is 18.1. The standard InChI is InChI=1S/C24H23FN4O2S/c1-13(2)23-22(15-4-6-18(25)7-5-15)19-8-16-10-26-28-21(16)9-20(19)24(27-23)29-32(31)11-17(12-32)14(3)30/h4-10,13,17H,11-12H2,1-3H3,(H,26,28). The molecule has 2 aromatic heterocycles. The maximum Gasteiger partial charge on any atom is 0.169 e. The van der Waals surface area contributed by atoms with E-state index in [1.54, 1.807) is 18.3 Å². The fraction of sp³-hybridized carbons (Fsp3) is 0.292. The average Bonchev–Trinajstić information content (AvgIpc) is 3.18. The number of nitrogens with one attached hydrogen (secondary N) is 1. The van der Waals surface area contributed by atoms with Crippen molar-refractivity contribution in [2.24, 2.45) is 10.3 Å². The number of carbonyl (C=O) groups excluding carboxylic acids is 1. The van der Waals surface area contributed by atoms with Gasteiger partial charge in [0.25, 0.3) is 0 Å². The Hall–Kier alpha value is -3.13. The molecule has 1 fully saturated rings. The highest BCUT2D eigenvalue weighted by atomic mass is 32.2. The fourth-order valence-electron chi connectivity index (χ4n) is 4.21. The zero-order chi connectivity index (χ0) is 22.6. The van der Waals surface area contributed by atoms with Gasteiger partial charge >= 0.3 is 0 Å². The van der Waals surface area contributed by atoms with E-state index in [4.69, 9.17) is 4.98 Å². The van der Waals surface area contributed by atoms with Gasteiger partial charge < -0.3 is 0 Å². The third kappa shape index (κ3) is 3.48. The summed E-state index contributed by atoms with van der Waals surface area (Å²) < 4.78 is 31.5. The molecule has 6 nitrogen and oxygen atoms in total. The molecule has 0 bridgehead atoms. The summed E-state index contributed by atoms with van der Waals surface area (Å²) in [5, 5.41) is 9.68. The van der Waals surface area contributed by atoms with Crippen molar-refractivity contribution < 1.29 is 13.4 Å². The summed E-state index contributed by atoms with van der Waals surface area (Å²) in [7, 11) is -2.53. The molecule has 0 atom stereocenters. The van der Waals surface area contributed by atoms with Gasteiger partial charge in [0.15, 0.2) is 5.82 Å². The van der Waals surface area contributed by atoms with Crippen LogP contribution in [0.2, 0.25) is 0 Å². The number of fused-ring (bicyclic) bond motifs is 2. The van der Waals surface area contributed by atoms with Gasteiger partial charge in [0, 0.05) is 33.8 Å². The van der Waals surface area contributed by atoms with Gasteiger partial charge in [-0.15, -0.1) is 0 Å². The number of pyridine rings is 1. The van der Waals surface area contributed by atoms with Crippen LogP contribution in [0.25, 0.3) is 32.8 Å². The lowest BCUT2D eigenvalue weighted by atomic mass is 9.92. The van der Waals surface area contributed by atoms with Gasteiger partial charge in [0.05, 0.1) is 27.1 Å². The monoisotopic (exact) mass is 450 g/mol. The van der Waals surface area contributed by atoms with Crippen molar-refractivity contribution in [3.05, 3.63) is 54.1 Å². The number of nitrogens with zero attached hydrogens (tertiary/aromatic N) is 3. The number of rotatable bonds is 4. The number of ketones is 1. The maximum atomic E-state index is 13.6. The number of aromatic amines is 1. The molecule has 0 spiro atoms. The van der Waals surface area contributed by atoms with Crippen LogP contribution in [0.5, 0.6) is 0 Å². The minimum atomic E-state index is -2.53. The second-order valence-corrected chi connectivity index (χ2v) is 11.1. The fourth-order valence-corrected chi connectivity index (χ4v) is 6.44. The van der Waals surface area contributed by atoms with Gasteiger partial charge in [-0.25, -0.2) is 13.6 Å².